The number of rotatable bonds is 5. The number of aromatic nitrogens is 3. The molecule has 3 heterocycles. The van der Waals surface area contributed by atoms with Crippen molar-refractivity contribution < 1.29 is 9.90 Å². The Balaban J connectivity index is 1.48. The summed E-state index contributed by atoms with van der Waals surface area (Å²) < 4.78 is 2.24. The summed E-state index contributed by atoms with van der Waals surface area (Å²) in [5.74, 6) is -0.316. The van der Waals surface area contributed by atoms with E-state index in [9.17, 15) is 4.79 Å². The van der Waals surface area contributed by atoms with Gasteiger partial charge in [-0.05, 0) is 24.1 Å². The van der Waals surface area contributed by atoms with Gasteiger partial charge in [0.15, 0.2) is 5.69 Å². The molecule has 0 unspecified atom stereocenters. The molecular formula is C20H20N4O2. The summed E-state index contributed by atoms with van der Waals surface area (Å²) in [6.07, 6.45) is 3.77. The van der Waals surface area contributed by atoms with Gasteiger partial charge in [-0.25, -0.2) is 14.8 Å². The Labute approximate surface area is 151 Å². The number of pyridine rings is 1. The second-order valence-electron chi connectivity index (χ2n) is 6.42. The van der Waals surface area contributed by atoms with E-state index in [1.54, 1.807) is 6.07 Å². The molecule has 0 saturated heterocycles. The van der Waals surface area contributed by atoms with E-state index in [1.807, 2.05) is 18.5 Å². The van der Waals surface area contributed by atoms with Crippen molar-refractivity contribution in [2.24, 2.45) is 0 Å². The normalized spacial score (nSPS) is 13.5. The molecule has 6 heteroatoms. The largest absolute Gasteiger partial charge is 0.477 e. The van der Waals surface area contributed by atoms with Crippen molar-refractivity contribution in [2.45, 2.75) is 25.9 Å². The van der Waals surface area contributed by atoms with E-state index >= 15 is 0 Å². The molecular weight excluding hydrogens is 328 g/mol. The molecule has 3 aromatic rings. The minimum absolute atomic E-state index is 0.0710. The van der Waals surface area contributed by atoms with Gasteiger partial charge in [-0.2, -0.15) is 0 Å². The van der Waals surface area contributed by atoms with Crippen LogP contribution in [0.2, 0.25) is 0 Å². The van der Waals surface area contributed by atoms with Gasteiger partial charge in [0.1, 0.15) is 5.82 Å². The minimum Gasteiger partial charge on any atom is -0.477 e. The van der Waals surface area contributed by atoms with Gasteiger partial charge in [0.25, 0.3) is 0 Å². The van der Waals surface area contributed by atoms with Crippen LogP contribution in [-0.2, 0) is 25.9 Å². The molecule has 1 aromatic carbocycles. The highest BCUT2D eigenvalue weighted by Crippen LogP contribution is 2.23. The van der Waals surface area contributed by atoms with E-state index in [2.05, 4.69) is 43.7 Å². The third-order valence-electron chi connectivity index (χ3n) is 4.75. The Morgan fingerprint density at radius 2 is 1.96 bits per heavy atom. The van der Waals surface area contributed by atoms with Crippen molar-refractivity contribution in [3.8, 4) is 0 Å². The zero-order chi connectivity index (χ0) is 17.9. The van der Waals surface area contributed by atoms with Crippen LogP contribution in [-0.4, -0.2) is 32.2 Å². The molecule has 4 rings (SSSR count). The second kappa shape index (κ2) is 7.00. The lowest BCUT2D eigenvalue weighted by atomic mass is 10.1. The highest BCUT2D eigenvalue weighted by Gasteiger charge is 2.22. The van der Waals surface area contributed by atoms with Gasteiger partial charge in [0, 0.05) is 25.2 Å². The fourth-order valence-electron chi connectivity index (χ4n) is 3.37. The summed E-state index contributed by atoms with van der Waals surface area (Å²) in [5, 5.41) is 9.13. The fourth-order valence-corrected chi connectivity index (χ4v) is 3.37. The number of hydrogen-bond acceptors (Lipinski definition) is 4. The average molecular weight is 348 g/mol. The smallest absolute Gasteiger partial charge is 0.354 e. The monoisotopic (exact) mass is 348 g/mol. The van der Waals surface area contributed by atoms with Crippen molar-refractivity contribution in [1.29, 1.82) is 0 Å². The van der Waals surface area contributed by atoms with Crippen LogP contribution < -0.4 is 4.90 Å². The SMILES string of the molecule is O=C(O)c1cccc(N2CCc3c(ncn3CCc3ccccc3)C2)n1. The summed E-state index contributed by atoms with van der Waals surface area (Å²) in [6, 6.07) is 15.6. The van der Waals surface area contributed by atoms with Crippen LogP contribution in [0.4, 0.5) is 5.82 Å². The van der Waals surface area contributed by atoms with Gasteiger partial charge in [-0.3, -0.25) is 0 Å². The maximum Gasteiger partial charge on any atom is 0.354 e. The summed E-state index contributed by atoms with van der Waals surface area (Å²) in [5.41, 5.74) is 3.71. The molecule has 6 nitrogen and oxygen atoms in total. The Hall–Kier alpha value is -3.15. The maximum absolute atomic E-state index is 11.1. The predicted octanol–water partition coefficient (Wildman–Crippen LogP) is 2.78. The number of anilines is 1. The first-order valence-electron chi connectivity index (χ1n) is 8.73. The van der Waals surface area contributed by atoms with Crippen LogP contribution >= 0.6 is 0 Å². The number of imidazole rings is 1. The first-order valence-corrected chi connectivity index (χ1v) is 8.73. The topological polar surface area (TPSA) is 71.2 Å². The molecule has 0 saturated carbocycles. The second-order valence-corrected chi connectivity index (χ2v) is 6.42. The summed E-state index contributed by atoms with van der Waals surface area (Å²) in [6.45, 7) is 2.38. The third kappa shape index (κ3) is 3.31. The van der Waals surface area contributed by atoms with Crippen molar-refractivity contribution in [1.82, 2.24) is 14.5 Å². The number of aryl methyl sites for hydroxylation is 2. The predicted molar refractivity (Wildman–Crippen MR) is 98.3 cm³/mol. The number of nitrogens with zero attached hydrogens (tertiary/aromatic N) is 4. The molecule has 0 bridgehead atoms. The number of carboxylic acid groups (broad SMARTS) is 1. The molecule has 1 aliphatic rings. The molecule has 132 valence electrons. The zero-order valence-electron chi connectivity index (χ0n) is 14.4. The molecule has 26 heavy (non-hydrogen) atoms. The summed E-state index contributed by atoms with van der Waals surface area (Å²) in [7, 11) is 0. The lowest BCUT2D eigenvalue weighted by molar-refractivity contribution is 0.0690. The Morgan fingerprint density at radius 3 is 2.77 bits per heavy atom. The van der Waals surface area contributed by atoms with E-state index in [1.165, 1.54) is 17.3 Å². The highest BCUT2D eigenvalue weighted by molar-refractivity contribution is 5.85. The number of carbonyl (C=O) groups is 1. The molecule has 0 fully saturated rings. The lowest BCUT2D eigenvalue weighted by Crippen LogP contribution is -2.32. The quantitative estimate of drug-likeness (QED) is 0.768. The van der Waals surface area contributed by atoms with Gasteiger partial charge in [-0.15, -0.1) is 0 Å². The van der Waals surface area contributed by atoms with Crippen LogP contribution in [0, 0.1) is 0 Å². The average Bonchev–Trinajstić information content (AvgIpc) is 3.09. The Kier molecular flexibility index (Phi) is 4.39. The summed E-state index contributed by atoms with van der Waals surface area (Å²) >= 11 is 0. The molecule has 2 aromatic heterocycles. The lowest BCUT2D eigenvalue weighted by Gasteiger charge is -2.28. The maximum atomic E-state index is 11.1. The molecule has 1 N–H and O–H groups in total. The van der Waals surface area contributed by atoms with Crippen molar-refractivity contribution in [2.75, 3.05) is 11.4 Å². The first kappa shape index (κ1) is 16.3. The molecule has 0 radical (unpaired) electrons. The van der Waals surface area contributed by atoms with Gasteiger partial charge in [0.2, 0.25) is 0 Å². The van der Waals surface area contributed by atoms with Crippen LogP contribution in [0.1, 0.15) is 27.4 Å². The van der Waals surface area contributed by atoms with Crippen LogP contribution in [0.3, 0.4) is 0 Å². The standard InChI is InChI=1S/C20H20N4O2/c25-20(26)16-7-4-8-19(22-16)23-12-10-18-17(13-23)21-14-24(18)11-9-15-5-2-1-3-6-15/h1-8,14H,9-13H2,(H,25,26). The highest BCUT2D eigenvalue weighted by atomic mass is 16.4. The number of hydrogen-bond donors (Lipinski definition) is 1. The zero-order valence-corrected chi connectivity index (χ0v) is 14.4. The van der Waals surface area contributed by atoms with Gasteiger partial charge in [-0.1, -0.05) is 36.4 Å². The van der Waals surface area contributed by atoms with E-state index in [-0.39, 0.29) is 5.69 Å². The summed E-state index contributed by atoms with van der Waals surface area (Å²) in [4.78, 5) is 22.0. The van der Waals surface area contributed by atoms with Gasteiger partial charge < -0.3 is 14.6 Å². The fraction of sp³-hybridized carbons (Fsp3) is 0.250. The molecule has 0 aliphatic carbocycles. The molecule has 0 atom stereocenters. The van der Waals surface area contributed by atoms with Crippen LogP contribution in [0.25, 0.3) is 0 Å². The first-order chi connectivity index (χ1) is 12.7. The Morgan fingerprint density at radius 1 is 1.12 bits per heavy atom. The van der Waals surface area contributed by atoms with E-state index in [0.29, 0.717) is 12.4 Å². The Bertz CT molecular complexity index is 921. The van der Waals surface area contributed by atoms with Crippen LogP contribution in [0.15, 0.2) is 54.9 Å². The minimum atomic E-state index is -1.00. The van der Waals surface area contributed by atoms with E-state index in [0.717, 1.165) is 31.6 Å². The number of carboxylic acids is 1. The third-order valence-corrected chi connectivity index (χ3v) is 4.75. The van der Waals surface area contributed by atoms with Crippen LogP contribution in [0.5, 0.6) is 0 Å². The molecule has 0 spiro atoms. The number of benzene rings is 1. The van der Waals surface area contributed by atoms with Gasteiger partial charge in [0.05, 0.1) is 18.6 Å². The van der Waals surface area contributed by atoms with Crippen molar-refractivity contribution >= 4 is 11.8 Å². The van der Waals surface area contributed by atoms with Crippen molar-refractivity contribution in [3.63, 3.8) is 0 Å². The van der Waals surface area contributed by atoms with Gasteiger partial charge >= 0.3 is 5.97 Å². The molecule has 0 amide bonds. The molecule has 1 aliphatic heterocycles. The van der Waals surface area contributed by atoms with E-state index < -0.39 is 5.97 Å². The number of aromatic carboxylic acids is 1. The van der Waals surface area contributed by atoms with Crippen molar-refractivity contribution in [3.05, 3.63) is 77.5 Å². The number of fused-ring (bicyclic) bond motifs is 1. The van der Waals surface area contributed by atoms with E-state index in [4.69, 9.17) is 5.11 Å².